The first kappa shape index (κ1) is 53.6. The third-order valence-corrected chi connectivity index (χ3v) is 9.84. The Balaban J connectivity index is 4.50. The zero-order chi connectivity index (χ0) is 41.5. The van der Waals surface area contributed by atoms with Crippen LogP contribution in [0.25, 0.3) is 0 Å². The van der Waals surface area contributed by atoms with Crippen molar-refractivity contribution in [1.29, 1.82) is 0 Å². The lowest BCUT2D eigenvalue weighted by molar-refractivity contribution is -0.161. The maximum Gasteiger partial charge on any atom is 0.472 e. The Morgan fingerprint density at radius 2 is 1.21 bits per heavy atom. The molecule has 0 aliphatic heterocycles. The van der Waals surface area contributed by atoms with Crippen molar-refractivity contribution < 1.29 is 52.6 Å². The predicted molar refractivity (Wildman–Crippen MR) is 224 cm³/mol. The molecule has 0 saturated heterocycles. The van der Waals surface area contributed by atoms with Crippen molar-refractivity contribution >= 4 is 25.5 Å². The molecule has 3 N–H and O–H groups in total. The maximum atomic E-state index is 12.6. The Morgan fingerprint density at radius 1 is 0.643 bits per heavy atom. The molecule has 0 fully saturated rings. The van der Waals surface area contributed by atoms with E-state index in [4.69, 9.17) is 19.1 Å². The van der Waals surface area contributed by atoms with Crippen LogP contribution in [-0.4, -0.2) is 71.5 Å². The number of rotatable bonds is 39. The van der Waals surface area contributed by atoms with Gasteiger partial charge in [0.05, 0.1) is 19.8 Å². The number of ether oxygens (including phenoxy) is 2. The third kappa shape index (κ3) is 38.5. The molecular weight excluding hydrogens is 735 g/mol. The van der Waals surface area contributed by atoms with E-state index in [-0.39, 0.29) is 31.5 Å². The molecule has 0 bridgehead atoms. The molecule has 0 aromatic rings. The van der Waals surface area contributed by atoms with E-state index in [0.29, 0.717) is 6.42 Å². The molecule has 3 atom stereocenters. The number of aliphatic hydroxyl groups is 2. The van der Waals surface area contributed by atoms with Crippen LogP contribution >= 0.6 is 7.82 Å². The summed E-state index contributed by atoms with van der Waals surface area (Å²) in [6.07, 6.45) is 35.2. The van der Waals surface area contributed by atoms with Crippen molar-refractivity contribution in [2.75, 3.05) is 26.4 Å². The summed E-state index contributed by atoms with van der Waals surface area (Å²) in [6.45, 7) is 4.39. The number of ketones is 1. The fourth-order valence-corrected chi connectivity index (χ4v) is 6.33. The standard InChI is InChI=1S/C44H77O11P/c1-4-5-6-7-8-9-10-11-15-18-21-24-27-31-40(46)32-29-34-43(48)52-37-42(38-54-56(50,51)53-36-41(47)35-45)55-44(49)33-28-25-22-19-16-13-12-14-17-20-23-26-30-39(2)3/h8-9,11,15,21,24,27,31,39,41-42,45,47H,4-7,10,12-14,16-20,22-23,25-26,28-30,32-38H2,1-3H3,(H,50,51)/b9-8-,15-11-,24-21-,31-27+/t41-,42+/m0/s1. The molecule has 0 aliphatic rings. The molecule has 0 spiro atoms. The minimum Gasteiger partial charge on any atom is -0.462 e. The highest BCUT2D eigenvalue weighted by Crippen LogP contribution is 2.43. The first-order valence-corrected chi connectivity index (χ1v) is 22.9. The first-order valence-electron chi connectivity index (χ1n) is 21.4. The van der Waals surface area contributed by atoms with E-state index in [0.717, 1.165) is 44.4 Å². The summed E-state index contributed by atoms with van der Waals surface area (Å²) in [5, 5.41) is 18.3. The van der Waals surface area contributed by atoms with Crippen LogP contribution in [0.5, 0.6) is 0 Å². The molecule has 0 heterocycles. The average Bonchev–Trinajstić information content (AvgIpc) is 3.16. The monoisotopic (exact) mass is 813 g/mol. The Kier molecular flexibility index (Phi) is 36.5. The number of phosphoric acid groups is 1. The van der Waals surface area contributed by atoms with Gasteiger partial charge in [-0.3, -0.25) is 23.4 Å². The van der Waals surface area contributed by atoms with Gasteiger partial charge in [0.25, 0.3) is 0 Å². The van der Waals surface area contributed by atoms with Gasteiger partial charge in [-0.25, -0.2) is 4.57 Å². The second-order valence-corrected chi connectivity index (χ2v) is 16.3. The summed E-state index contributed by atoms with van der Waals surface area (Å²) < 4.78 is 32.5. The van der Waals surface area contributed by atoms with Gasteiger partial charge in [0.1, 0.15) is 12.7 Å². The minimum absolute atomic E-state index is 0.0477. The molecule has 0 aromatic heterocycles. The van der Waals surface area contributed by atoms with E-state index in [9.17, 15) is 28.9 Å². The Morgan fingerprint density at radius 3 is 1.84 bits per heavy atom. The number of carbonyl (C=O) groups excluding carboxylic acids is 3. The van der Waals surface area contributed by atoms with Gasteiger partial charge in [-0.2, -0.15) is 0 Å². The van der Waals surface area contributed by atoms with E-state index in [1.165, 1.54) is 83.1 Å². The largest absolute Gasteiger partial charge is 0.472 e. The van der Waals surface area contributed by atoms with Crippen LogP contribution in [-0.2, 0) is 37.5 Å². The molecule has 0 rings (SSSR count). The molecule has 0 radical (unpaired) electrons. The van der Waals surface area contributed by atoms with Crippen molar-refractivity contribution in [2.24, 2.45) is 5.92 Å². The SMILES string of the molecule is CCCCC/C=C\C/C=C\C/C=C\C=C\C(=O)CCCC(=O)OC[C@H](COP(=O)(O)OC[C@@H](O)CO)OC(=O)CCCCCCCCCCCCCCC(C)C. The number of hydrogen-bond donors (Lipinski definition) is 3. The lowest BCUT2D eigenvalue weighted by Crippen LogP contribution is -2.29. The molecule has 56 heavy (non-hydrogen) atoms. The van der Waals surface area contributed by atoms with Crippen molar-refractivity contribution in [1.82, 2.24) is 0 Å². The topological polar surface area (TPSA) is 166 Å². The fraction of sp³-hybridized carbons (Fsp3) is 0.750. The summed E-state index contributed by atoms with van der Waals surface area (Å²) in [4.78, 5) is 47.1. The Bertz CT molecular complexity index is 1150. The van der Waals surface area contributed by atoms with Crippen LogP contribution in [0.3, 0.4) is 0 Å². The normalized spacial score (nSPS) is 14.3. The quantitative estimate of drug-likeness (QED) is 0.0135. The van der Waals surface area contributed by atoms with Gasteiger partial charge in [-0.05, 0) is 50.5 Å². The third-order valence-electron chi connectivity index (χ3n) is 8.89. The lowest BCUT2D eigenvalue weighted by Gasteiger charge is -2.20. The number of allylic oxidation sites excluding steroid dienone is 8. The predicted octanol–water partition coefficient (Wildman–Crippen LogP) is 10.4. The second kappa shape index (κ2) is 38.1. The fourth-order valence-electron chi connectivity index (χ4n) is 5.54. The summed E-state index contributed by atoms with van der Waals surface area (Å²) in [5.41, 5.74) is 0. The van der Waals surface area contributed by atoms with Crippen LogP contribution in [0.4, 0.5) is 0 Å². The molecule has 12 heteroatoms. The molecule has 0 saturated carbocycles. The van der Waals surface area contributed by atoms with Gasteiger partial charge in [0.15, 0.2) is 11.9 Å². The van der Waals surface area contributed by atoms with Crippen LogP contribution in [0, 0.1) is 5.92 Å². The maximum absolute atomic E-state index is 12.6. The molecule has 11 nitrogen and oxygen atoms in total. The van der Waals surface area contributed by atoms with E-state index in [2.05, 4.69) is 49.6 Å². The lowest BCUT2D eigenvalue weighted by atomic mass is 10.0. The molecule has 0 aromatic carbocycles. The number of phosphoric ester groups is 1. The van der Waals surface area contributed by atoms with E-state index >= 15 is 0 Å². The highest BCUT2D eigenvalue weighted by Gasteiger charge is 2.27. The highest BCUT2D eigenvalue weighted by atomic mass is 31.2. The molecule has 0 aliphatic carbocycles. The number of esters is 2. The van der Waals surface area contributed by atoms with Gasteiger partial charge in [0, 0.05) is 19.3 Å². The van der Waals surface area contributed by atoms with Gasteiger partial charge in [-0.15, -0.1) is 0 Å². The Labute approximate surface area is 339 Å². The van der Waals surface area contributed by atoms with Crippen LogP contribution in [0.2, 0.25) is 0 Å². The van der Waals surface area contributed by atoms with Gasteiger partial charge < -0.3 is 24.6 Å². The average molecular weight is 813 g/mol. The van der Waals surface area contributed by atoms with E-state index < -0.39 is 58.4 Å². The van der Waals surface area contributed by atoms with Crippen LogP contribution in [0.15, 0.2) is 48.6 Å². The van der Waals surface area contributed by atoms with E-state index in [1.807, 2.05) is 12.2 Å². The van der Waals surface area contributed by atoms with Crippen LogP contribution < -0.4 is 0 Å². The van der Waals surface area contributed by atoms with Crippen molar-refractivity contribution in [3.8, 4) is 0 Å². The zero-order valence-electron chi connectivity index (χ0n) is 35.0. The summed E-state index contributed by atoms with van der Waals surface area (Å²) in [6, 6.07) is 0. The number of unbranched alkanes of at least 4 members (excludes halogenated alkanes) is 14. The van der Waals surface area contributed by atoms with Crippen molar-refractivity contribution in [2.45, 2.75) is 181 Å². The molecular formula is C44H77O11P. The first-order chi connectivity index (χ1) is 27.0. The minimum atomic E-state index is -4.67. The summed E-state index contributed by atoms with van der Waals surface area (Å²) in [7, 11) is -4.67. The van der Waals surface area contributed by atoms with Gasteiger partial charge >= 0.3 is 19.8 Å². The van der Waals surface area contributed by atoms with Gasteiger partial charge in [0.2, 0.25) is 0 Å². The second-order valence-electron chi connectivity index (χ2n) is 14.9. The van der Waals surface area contributed by atoms with Crippen molar-refractivity contribution in [3.05, 3.63) is 48.6 Å². The molecule has 324 valence electrons. The summed E-state index contributed by atoms with van der Waals surface area (Å²) >= 11 is 0. The Hall–Kier alpha value is -2.40. The van der Waals surface area contributed by atoms with Crippen LogP contribution in [0.1, 0.15) is 168 Å². The highest BCUT2D eigenvalue weighted by molar-refractivity contribution is 7.47. The molecule has 0 amide bonds. The zero-order valence-corrected chi connectivity index (χ0v) is 35.9. The van der Waals surface area contributed by atoms with E-state index in [1.54, 1.807) is 6.08 Å². The molecule has 1 unspecified atom stereocenters. The number of carbonyl (C=O) groups is 3. The smallest absolute Gasteiger partial charge is 0.462 e. The van der Waals surface area contributed by atoms with Crippen molar-refractivity contribution in [3.63, 3.8) is 0 Å². The number of aliphatic hydroxyl groups excluding tert-OH is 2. The van der Waals surface area contributed by atoms with Gasteiger partial charge in [-0.1, -0.05) is 153 Å². The number of hydrogen-bond acceptors (Lipinski definition) is 10. The summed E-state index contributed by atoms with van der Waals surface area (Å²) in [5.74, 6) is -0.515.